The fourth-order valence-corrected chi connectivity index (χ4v) is 2.28. The van der Waals surface area contributed by atoms with Crippen molar-refractivity contribution in [1.29, 1.82) is 0 Å². The summed E-state index contributed by atoms with van der Waals surface area (Å²) in [7, 11) is 0. The summed E-state index contributed by atoms with van der Waals surface area (Å²) >= 11 is 0. The van der Waals surface area contributed by atoms with Crippen molar-refractivity contribution in [2.24, 2.45) is 0 Å². The molecule has 2 rings (SSSR count). The summed E-state index contributed by atoms with van der Waals surface area (Å²) in [6.07, 6.45) is 1.41. The van der Waals surface area contributed by atoms with Gasteiger partial charge in [0, 0.05) is 12.2 Å². The molecule has 1 heterocycles. The second-order valence-electron chi connectivity index (χ2n) is 4.93. The van der Waals surface area contributed by atoms with Gasteiger partial charge in [0.2, 0.25) is 0 Å². The normalized spacial score (nSPS) is 11.1. The summed E-state index contributed by atoms with van der Waals surface area (Å²) in [6, 6.07) is 4.63. The van der Waals surface area contributed by atoms with E-state index in [4.69, 9.17) is 0 Å². The fourth-order valence-electron chi connectivity index (χ4n) is 2.28. The Kier molecular flexibility index (Phi) is 5.07. The first kappa shape index (κ1) is 15.6. The van der Waals surface area contributed by atoms with E-state index in [0.717, 1.165) is 24.4 Å². The van der Waals surface area contributed by atoms with Gasteiger partial charge in [-0.3, -0.25) is 0 Å². The van der Waals surface area contributed by atoms with Gasteiger partial charge in [-0.2, -0.15) is 5.10 Å². The molecule has 0 aliphatic carbocycles. The van der Waals surface area contributed by atoms with Crippen LogP contribution in [0.3, 0.4) is 0 Å². The van der Waals surface area contributed by atoms with Crippen LogP contribution in [0.1, 0.15) is 37.7 Å². The molecule has 0 bridgehead atoms. The van der Waals surface area contributed by atoms with Crippen LogP contribution in [0.4, 0.5) is 8.78 Å². The summed E-state index contributed by atoms with van der Waals surface area (Å²) in [5, 5.41) is 7.36. The van der Waals surface area contributed by atoms with Gasteiger partial charge in [0.05, 0.1) is 5.69 Å². The highest BCUT2D eigenvalue weighted by molar-refractivity contribution is 5.39. The molecule has 0 aliphatic heterocycles. The first-order valence-corrected chi connectivity index (χ1v) is 7.37. The van der Waals surface area contributed by atoms with Gasteiger partial charge >= 0.3 is 0 Å². The molecule has 0 aliphatic rings. The van der Waals surface area contributed by atoms with Gasteiger partial charge in [-0.25, -0.2) is 13.5 Å². The second kappa shape index (κ2) is 6.80. The summed E-state index contributed by atoms with van der Waals surface area (Å²) in [4.78, 5) is 0. The Hall–Kier alpha value is -1.75. The molecule has 1 N–H and O–H groups in total. The Bertz CT molecular complexity index is 597. The van der Waals surface area contributed by atoms with Crippen molar-refractivity contribution in [2.45, 2.75) is 40.2 Å². The van der Waals surface area contributed by atoms with Gasteiger partial charge < -0.3 is 5.32 Å². The standard InChI is InChI=1S/C16H21F2N3/c1-4-12-9-13(5-2)21(20-12)16-14(17)7-11(8-15(16)18)10-19-6-3/h7-9,19H,4-6,10H2,1-3H3. The maximum absolute atomic E-state index is 14.3. The molecule has 0 atom stereocenters. The number of benzene rings is 1. The largest absolute Gasteiger partial charge is 0.313 e. The molecule has 3 nitrogen and oxygen atoms in total. The summed E-state index contributed by atoms with van der Waals surface area (Å²) in [5.41, 5.74) is 2.15. The molecule has 0 saturated heterocycles. The quantitative estimate of drug-likeness (QED) is 0.885. The van der Waals surface area contributed by atoms with Crippen molar-refractivity contribution in [3.8, 4) is 5.69 Å². The average molecular weight is 293 g/mol. The van der Waals surface area contributed by atoms with E-state index < -0.39 is 11.6 Å². The Morgan fingerprint density at radius 3 is 2.24 bits per heavy atom. The third-order valence-electron chi connectivity index (χ3n) is 3.43. The zero-order chi connectivity index (χ0) is 15.4. The number of aromatic nitrogens is 2. The number of halogens is 2. The van der Waals surface area contributed by atoms with Crippen molar-refractivity contribution in [3.63, 3.8) is 0 Å². The maximum atomic E-state index is 14.3. The number of nitrogens with one attached hydrogen (secondary N) is 1. The molecule has 0 fully saturated rings. The zero-order valence-electron chi connectivity index (χ0n) is 12.7. The molecule has 0 radical (unpaired) electrons. The molecule has 5 heteroatoms. The Morgan fingerprint density at radius 1 is 1.05 bits per heavy atom. The highest BCUT2D eigenvalue weighted by Gasteiger charge is 2.17. The van der Waals surface area contributed by atoms with E-state index in [9.17, 15) is 8.78 Å². The lowest BCUT2D eigenvalue weighted by Gasteiger charge is -2.11. The minimum Gasteiger partial charge on any atom is -0.313 e. The second-order valence-corrected chi connectivity index (χ2v) is 4.93. The van der Waals surface area contributed by atoms with Crippen LogP contribution in [0.15, 0.2) is 18.2 Å². The predicted octanol–water partition coefficient (Wildman–Crippen LogP) is 3.38. The minimum absolute atomic E-state index is 0.0909. The Labute approximate surface area is 124 Å². The number of rotatable bonds is 6. The topological polar surface area (TPSA) is 29.9 Å². The van der Waals surface area contributed by atoms with Crippen LogP contribution in [-0.2, 0) is 19.4 Å². The number of aryl methyl sites for hydroxylation is 2. The van der Waals surface area contributed by atoms with Crippen LogP contribution in [0.2, 0.25) is 0 Å². The molecule has 21 heavy (non-hydrogen) atoms. The molecule has 0 saturated carbocycles. The molecule has 1 aromatic heterocycles. The molecular formula is C16H21F2N3. The van der Waals surface area contributed by atoms with Gasteiger partial charge in [-0.05, 0) is 43.1 Å². The number of nitrogens with zero attached hydrogens (tertiary/aromatic N) is 2. The average Bonchev–Trinajstić information content (AvgIpc) is 2.87. The van der Waals surface area contributed by atoms with E-state index >= 15 is 0 Å². The zero-order valence-corrected chi connectivity index (χ0v) is 12.7. The lowest BCUT2D eigenvalue weighted by molar-refractivity contribution is 0.549. The Morgan fingerprint density at radius 2 is 1.71 bits per heavy atom. The number of hydrogen-bond acceptors (Lipinski definition) is 2. The van der Waals surface area contributed by atoms with Crippen LogP contribution in [0.5, 0.6) is 0 Å². The van der Waals surface area contributed by atoms with Crippen molar-refractivity contribution in [2.75, 3.05) is 6.54 Å². The first-order valence-electron chi connectivity index (χ1n) is 7.37. The molecule has 0 unspecified atom stereocenters. The summed E-state index contributed by atoms with van der Waals surface area (Å²) in [5.74, 6) is -1.16. The molecule has 0 spiro atoms. The van der Waals surface area contributed by atoms with E-state index in [1.807, 2.05) is 26.8 Å². The highest BCUT2D eigenvalue weighted by atomic mass is 19.1. The van der Waals surface area contributed by atoms with Crippen LogP contribution in [0.25, 0.3) is 5.69 Å². The van der Waals surface area contributed by atoms with E-state index in [0.29, 0.717) is 18.5 Å². The maximum Gasteiger partial charge on any atom is 0.152 e. The van der Waals surface area contributed by atoms with Crippen LogP contribution in [0, 0.1) is 11.6 Å². The summed E-state index contributed by atoms with van der Waals surface area (Å²) < 4.78 is 30.0. The van der Waals surface area contributed by atoms with E-state index in [1.54, 1.807) is 0 Å². The van der Waals surface area contributed by atoms with E-state index in [-0.39, 0.29) is 5.69 Å². The van der Waals surface area contributed by atoms with Crippen LogP contribution in [-0.4, -0.2) is 16.3 Å². The fraction of sp³-hybridized carbons (Fsp3) is 0.438. The van der Waals surface area contributed by atoms with Gasteiger partial charge in [0.1, 0.15) is 5.69 Å². The molecule has 114 valence electrons. The minimum atomic E-state index is -0.580. The van der Waals surface area contributed by atoms with E-state index in [1.165, 1.54) is 16.8 Å². The molecule has 0 amide bonds. The third kappa shape index (κ3) is 3.29. The van der Waals surface area contributed by atoms with Crippen LogP contribution < -0.4 is 5.32 Å². The van der Waals surface area contributed by atoms with Crippen molar-refractivity contribution >= 4 is 0 Å². The van der Waals surface area contributed by atoms with Gasteiger partial charge in [0.15, 0.2) is 11.6 Å². The lowest BCUT2D eigenvalue weighted by atomic mass is 10.1. The summed E-state index contributed by atoms with van der Waals surface area (Å²) in [6.45, 7) is 7.07. The highest BCUT2D eigenvalue weighted by Crippen LogP contribution is 2.22. The molecule has 1 aromatic carbocycles. The monoisotopic (exact) mass is 293 g/mol. The Balaban J connectivity index is 2.46. The molecular weight excluding hydrogens is 272 g/mol. The smallest absolute Gasteiger partial charge is 0.152 e. The lowest BCUT2D eigenvalue weighted by Crippen LogP contribution is -2.13. The first-order chi connectivity index (χ1) is 10.1. The molecule has 2 aromatic rings. The number of hydrogen-bond donors (Lipinski definition) is 1. The van der Waals surface area contributed by atoms with Crippen molar-refractivity contribution < 1.29 is 8.78 Å². The van der Waals surface area contributed by atoms with E-state index in [2.05, 4.69) is 10.4 Å². The van der Waals surface area contributed by atoms with Crippen molar-refractivity contribution in [3.05, 3.63) is 46.8 Å². The van der Waals surface area contributed by atoms with Gasteiger partial charge in [-0.1, -0.05) is 20.8 Å². The predicted molar refractivity (Wildman–Crippen MR) is 79.6 cm³/mol. The third-order valence-corrected chi connectivity index (χ3v) is 3.43. The van der Waals surface area contributed by atoms with Gasteiger partial charge in [0.25, 0.3) is 0 Å². The van der Waals surface area contributed by atoms with Crippen LogP contribution >= 0.6 is 0 Å². The van der Waals surface area contributed by atoms with Crippen molar-refractivity contribution in [1.82, 2.24) is 15.1 Å². The SMILES string of the molecule is CCNCc1cc(F)c(-n2nc(CC)cc2CC)c(F)c1. The van der Waals surface area contributed by atoms with Gasteiger partial charge in [-0.15, -0.1) is 0 Å².